The summed E-state index contributed by atoms with van der Waals surface area (Å²) in [7, 11) is 3.75. The van der Waals surface area contributed by atoms with Crippen molar-refractivity contribution in [2.24, 2.45) is 0 Å². The van der Waals surface area contributed by atoms with Gasteiger partial charge in [0, 0.05) is 19.4 Å². The second kappa shape index (κ2) is 8.70. The number of hydrogen-bond acceptors (Lipinski definition) is 4. The van der Waals surface area contributed by atoms with Crippen molar-refractivity contribution in [3.63, 3.8) is 0 Å². The molecule has 2 aromatic rings. The Bertz CT molecular complexity index is 686. The molecule has 1 heterocycles. The van der Waals surface area contributed by atoms with E-state index in [1.807, 2.05) is 36.5 Å². The maximum atomic E-state index is 13.4. The average Bonchev–Trinajstić information content (AvgIpc) is 3.07. The monoisotopic (exact) mass is 348 g/mol. The number of halogens is 1. The third kappa shape index (κ3) is 5.25. The van der Waals surface area contributed by atoms with Gasteiger partial charge in [0.05, 0.1) is 10.9 Å². The summed E-state index contributed by atoms with van der Waals surface area (Å²) in [6, 6.07) is 9.80. The van der Waals surface area contributed by atoms with Gasteiger partial charge in [0.25, 0.3) is 0 Å². The van der Waals surface area contributed by atoms with E-state index < -0.39 is 0 Å². The van der Waals surface area contributed by atoms with Crippen LogP contribution in [0.15, 0.2) is 41.8 Å². The van der Waals surface area contributed by atoms with Gasteiger partial charge in [-0.1, -0.05) is 18.2 Å². The summed E-state index contributed by atoms with van der Waals surface area (Å²) in [5.74, 6) is -0.496. The van der Waals surface area contributed by atoms with Crippen molar-refractivity contribution >= 4 is 23.0 Å². The van der Waals surface area contributed by atoms with Crippen molar-refractivity contribution < 1.29 is 14.0 Å². The number of thiophene rings is 1. The Balaban J connectivity index is 1.85. The van der Waals surface area contributed by atoms with Gasteiger partial charge in [0.2, 0.25) is 5.91 Å². The van der Waals surface area contributed by atoms with Gasteiger partial charge in [-0.05, 0) is 43.2 Å². The summed E-state index contributed by atoms with van der Waals surface area (Å²) < 4.78 is 13.4. The second-order valence-electron chi connectivity index (χ2n) is 5.74. The number of carbonyl (C=O) groups excluding carboxylic acids is 2. The van der Waals surface area contributed by atoms with E-state index in [9.17, 15) is 14.0 Å². The maximum absolute atomic E-state index is 13.4. The predicted molar refractivity (Wildman–Crippen MR) is 93.7 cm³/mol. The van der Waals surface area contributed by atoms with E-state index in [2.05, 4.69) is 5.32 Å². The van der Waals surface area contributed by atoms with Crippen LogP contribution in [-0.2, 0) is 4.79 Å². The van der Waals surface area contributed by atoms with E-state index in [4.69, 9.17) is 0 Å². The zero-order valence-corrected chi connectivity index (χ0v) is 14.6. The molecule has 1 aromatic heterocycles. The van der Waals surface area contributed by atoms with Gasteiger partial charge in [-0.2, -0.15) is 0 Å². The molecule has 0 unspecified atom stereocenters. The zero-order valence-electron chi connectivity index (χ0n) is 13.8. The van der Waals surface area contributed by atoms with Gasteiger partial charge >= 0.3 is 0 Å². The first-order valence-corrected chi connectivity index (χ1v) is 8.60. The van der Waals surface area contributed by atoms with Crippen LogP contribution in [0.5, 0.6) is 0 Å². The van der Waals surface area contributed by atoms with Crippen LogP contribution in [-0.4, -0.2) is 37.2 Å². The first-order valence-electron chi connectivity index (χ1n) is 7.72. The smallest absolute Gasteiger partial charge is 0.220 e. The molecule has 1 atom stereocenters. The quantitative estimate of drug-likeness (QED) is 0.745. The SMILES string of the molecule is CN(C)[C@H](CNC(=O)CCC(=O)c1cccs1)c1cccc(F)c1. The lowest BCUT2D eigenvalue weighted by Crippen LogP contribution is -2.34. The largest absolute Gasteiger partial charge is 0.354 e. The molecule has 0 fully saturated rings. The predicted octanol–water partition coefficient (Wildman–Crippen LogP) is 3.27. The van der Waals surface area contributed by atoms with Gasteiger partial charge in [0.15, 0.2) is 5.78 Å². The number of likely N-dealkylation sites (N-methyl/N-ethyl adjacent to an activating group) is 1. The lowest BCUT2D eigenvalue weighted by molar-refractivity contribution is -0.121. The molecule has 1 N–H and O–H groups in total. The van der Waals surface area contributed by atoms with Crippen LogP contribution in [0.1, 0.15) is 34.1 Å². The molecule has 4 nitrogen and oxygen atoms in total. The molecule has 6 heteroatoms. The van der Waals surface area contributed by atoms with Crippen LogP contribution in [0, 0.1) is 5.82 Å². The van der Waals surface area contributed by atoms with E-state index >= 15 is 0 Å². The van der Waals surface area contributed by atoms with E-state index in [0.717, 1.165) is 5.56 Å². The topological polar surface area (TPSA) is 49.4 Å². The first kappa shape index (κ1) is 18.3. The number of nitrogens with one attached hydrogen (secondary N) is 1. The van der Waals surface area contributed by atoms with Crippen molar-refractivity contribution in [2.45, 2.75) is 18.9 Å². The summed E-state index contributed by atoms with van der Waals surface area (Å²) in [5.41, 5.74) is 0.801. The van der Waals surface area contributed by atoms with Crippen LogP contribution >= 0.6 is 11.3 Å². The Morgan fingerprint density at radius 1 is 1.21 bits per heavy atom. The molecule has 0 saturated heterocycles. The molecule has 0 aliphatic carbocycles. The van der Waals surface area contributed by atoms with Crippen molar-refractivity contribution in [3.05, 3.63) is 58.0 Å². The van der Waals surface area contributed by atoms with E-state index in [1.54, 1.807) is 12.1 Å². The van der Waals surface area contributed by atoms with Crippen LogP contribution in [0.25, 0.3) is 0 Å². The second-order valence-corrected chi connectivity index (χ2v) is 6.69. The summed E-state index contributed by atoms with van der Waals surface area (Å²) >= 11 is 1.38. The fraction of sp³-hybridized carbons (Fsp3) is 0.333. The Hall–Kier alpha value is -2.05. The summed E-state index contributed by atoms with van der Waals surface area (Å²) in [5, 5.41) is 4.67. The highest BCUT2D eigenvalue weighted by atomic mass is 32.1. The summed E-state index contributed by atoms with van der Waals surface area (Å²) in [4.78, 5) is 26.5. The molecule has 0 spiro atoms. The molecule has 0 bridgehead atoms. The molecule has 1 aromatic carbocycles. The number of nitrogens with zero attached hydrogens (tertiary/aromatic N) is 1. The van der Waals surface area contributed by atoms with Crippen molar-refractivity contribution in [1.29, 1.82) is 0 Å². The number of ketones is 1. The first-order chi connectivity index (χ1) is 11.5. The third-order valence-electron chi connectivity index (χ3n) is 3.72. The van der Waals surface area contributed by atoms with Crippen molar-refractivity contribution in [1.82, 2.24) is 10.2 Å². The molecular weight excluding hydrogens is 327 g/mol. The van der Waals surface area contributed by atoms with Crippen LogP contribution < -0.4 is 5.32 Å². The Morgan fingerprint density at radius 3 is 2.62 bits per heavy atom. The Kier molecular flexibility index (Phi) is 6.63. The van der Waals surface area contributed by atoms with Crippen LogP contribution in [0.3, 0.4) is 0 Å². The number of rotatable bonds is 8. The van der Waals surface area contributed by atoms with E-state index in [-0.39, 0.29) is 36.4 Å². The number of Topliss-reactive ketones (excluding diaryl/α,β-unsaturated/α-hetero) is 1. The lowest BCUT2D eigenvalue weighted by atomic mass is 10.1. The number of carbonyl (C=O) groups is 2. The Labute approximate surface area is 145 Å². The molecule has 24 heavy (non-hydrogen) atoms. The normalized spacial score (nSPS) is 12.2. The van der Waals surface area contributed by atoms with Gasteiger partial charge in [-0.25, -0.2) is 4.39 Å². The van der Waals surface area contributed by atoms with Crippen molar-refractivity contribution in [2.75, 3.05) is 20.6 Å². The number of hydrogen-bond donors (Lipinski definition) is 1. The summed E-state index contributed by atoms with van der Waals surface area (Å²) in [6.45, 7) is 0.364. The summed E-state index contributed by atoms with van der Waals surface area (Å²) in [6.07, 6.45) is 0.346. The van der Waals surface area contributed by atoms with Crippen LogP contribution in [0.4, 0.5) is 4.39 Å². The minimum atomic E-state index is -0.299. The van der Waals surface area contributed by atoms with Crippen LogP contribution in [0.2, 0.25) is 0 Å². The fourth-order valence-corrected chi connectivity index (χ4v) is 3.09. The van der Waals surface area contributed by atoms with Gasteiger partial charge in [-0.15, -0.1) is 11.3 Å². The van der Waals surface area contributed by atoms with E-state index in [1.165, 1.54) is 23.5 Å². The molecule has 0 aliphatic rings. The molecule has 128 valence electrons. The van der Waals surface area contributed by atoms with Crippen molar-refractivity contribution in [3.8, 4) is 0 Å². The molecule has 2 rings (SSSR count). The number of benzene rings is 1. The fourth-order valence-electron chi connectivity index (χ4n) is 2.40. The van der Waals surface area contributed by atoms with Gasteiger partial charge < -0.3 is 10.2 Å². The maximum Gasteiger partial charge on any atom is 0.220 e. The minimum Gasteiger partial charge on any atom is -0.354 e. The zero-order chi connectivity index (χ0) is 17.5. The van der Waals surface area contributed by atoms with Gasteiger partial charge in [0.1, 0.15) is 5.82 Å². The standard InChI is InChI=1S/C18H21FN2O2S/c1-21(2)15(13-5-3-6-14(19)11-13)12-20-18(23)9-8-16(22)17-7-4-10-24-17/h3-7,10-11,15H,8-9,12H2,1-2H3,(H,20,23)/t15-/m1/s1. The molecule has 1 amide bonds. The molecule has 0 saturated carbocycles. The highest BCUT2D eigenvalue weighted by Gasteiger charge is 2.16. The minimum absolute atomic E-state index is 0.0190. The highest BCUT2D eigenvalue weighted by Crippen LogP contribution is 2.18. The van der Waals surface area contributed by atoms with E-state index in [0.29, 0.717) is 11.4 Å². The molecular formula is C18H21FN2O2S. The average molecular weight is 348 g/mol. The number of amides is 1. The lowest BCUT2D eigenvalue weighted by Gasteiger charge is -2.25. The molecule has 0 aliphatic heterocycles. The highest BCUT2D eigenvalue weighted by molar-refractivity contribution is 7.12. The van der Waals surface area contributed by atoms with Gasteiger partial charge in [-0.3, -0.25) is 9.59 Å². The third-order valence-corrected chi connectivity index (χ3v) is 4.64. The Morgan fingerprint density at radius 2 is 2.00 bits per heavy atom. The molecule has 0 radical (unpaired) electrons.